The molecule has 3 nitrogen and oxygen atoms in total. The zero-order chi connectivity index (χ0) is 15.9. The van der Waals surface area contributed by atoms with E-state index in [1.54, 1.807) is 18.2 Å². The van der Waals surface area contributed by atoms with Gasteiger partial charge in [-0.2, -0.15) is 13.2 Å². The van der Waals surface area contributed by atoms with Crippen molar-refractivity contribution in [2.75, 3.05) is 20.8 Å². The van der Waals surface area contributed by atoms with Crippen molar-refractivity contribution in [3.05, 3.63) is 23.8 Å². The van der Waals surface area contributed by atoms with Crippen molar-refractivity contribution >= 4 is 0 Å². The van der Waals surface area contributed by atoms with E-state index in [1.165, 1.54) is 14.2 Å². The summed E-state index contributed by atoms with van der Waals surface area (Å²) in [4.78, 5) is 0. The highest BCUT2D eigenvalue weighted by molar-refractivity contribution is 5.48. The number of halogens is 3. The van der Waals surface area contributed by atoms with Crippen LogP contribution in [0.15, 0.2) is 18.2 Å². The van der Waals surface area contributed by atoms with Crippen LogP contribution in [0.5, 0.6) is 11.5 Å². The van der Waals surface area contributed by atoms with Crippen LogP contribution >= 0.6 is 0 Å². The number of methoxy groups -OCH3 is 2. The fraction of sp³-hybridized carbons (Fsp3) is 0.600. The Bertz CT molecular complexity index is 435. The van der Waals surface area contributed by atoms with Crippen molar-refractivity contribution in [2.45, 2.75) is 38.4 Å². The van der Waals surface area contributed by atoms with Gasteiger partial charge in [-0.25, -0.2) is 0 Å². The molecular weight excluding hydrogens is 283 g/mol. The predicted molar refractivity (Wildman–Crippen MR) is 75.9 cm³/mol. The van der Waals surface area contributed by atoms with Crippen LogP contribution in [0.4, 0.5) is 13.2 Å². The third kappa shape index (κ3) is 5.46. The third-order valence-electron chi connectivity index (χ3n) is 3.17. The molecule has 120 valence electrons. The number of rotatable bonds is 8. The van der Waals surface area contributed by atoms with Crippen molar-refractivity contribution in [3.8, 4) is 11.5 Å². The normalized spacial score (nSPS) is 13.0. The summed E-state index contributed by atoms with van der Waals surface area (Å²) in [5.41, 5.74) is 0.689. The number of hydrogen-bond acceptors (Lipinski definition) is 3. The standard InChI is InChI=1S/C15H22F3NO2/c1-4-10-19-12(8-9-15(16,17)18)11-6-5-7-13(20-2)14(11)21-3/h5-7,12,19H,4,8-10H2,1-3H3. The Balaban J connectivity index is 3.01. The van der Waals surface area contributed by atoms with E-state index in [4.69, 9.17) is 9.47 Å². The first-order chi connectivity index (χ1) is 9.92. The Morgan fingerprint density at radius 2 is 1.90 bits per heavy atom. The smallest absolute Gasteiger partial charge is 0.389 e. The van der Waals surface area contributed by atoms with Gasteiger partial charge in [-0.3, -0.25) is 0 Å². The molecule has 21 heavy (non-hydrogen) atoms. The van der Waals surface area contributed by atoms with Crippen LogP contribution in [-0.2, 0) is 0 Å². The first kappa shape index (κ1) is 17.6. The van der Waals surface area contributed by atoms with Gasteiger partial charge in [0.05, 0.1) is 14.2 Å². The van der Waals surface area contributed by atoms with E-state index < -0.39 is 18.6 Å². The van der Waals surface area contributed by atoms with Gasteiger partial charge >= 0.3 is 6.18 Å². The summed E-state index contributed by atoms with van der Waals surface area (Å²) >= 11 is 0. The first-order valence-electron chi connectivity index (χ1n) is 6.94. The molecule has 6 heteroatoms. The van der Waals surface area contributed by atoms with Crippen LogP contribution < -0.4 is 14.8 Å². The summed E-state index contributed by atoms with van der Waals surface area (Å²) in [5, 5.41) is 3.15. The number of benzene rings is 1. The van der Waals surface area contributed by atoms with Gasteiger partial charge in [-0.1, -0.05) is 19.1 Å². The van der Waals surface area contributed by atoms with Gasteiger partial charge in [-0.05, 0) is 25.5 Å². The summed E-state index contributed by atoms with van der Waals surface area (Å²) in [7, 11) is 2.99. The molecule has 0 bridgehead atoms. The van der Waals surface area contributed by atoms with Crippen LogP contribution in [0.3, 0.4) is 0 Å². The molecule has 0 aliphatic heterocycles. The van der Waals surface area contributed by atoms with Gasteiger partial charge < -0.3 is 14.8 Å². The summed E-state index contributed by atoms with van der Waals surface area (Å²) in [5.74, 6) is 1.00. The lowest BCUT2D eigenvalue weighted by Gasteiger charge is -2.23. The Morgan fingerprint density at radius 1 is 1.19 bits per heavy atom. The molecular formula is C15H22F3NO2. The average molecular weight is 305 g/mol. The highest BCUT2D eigenvalue weighted by Gasteiger charge is 2.29. The predicted octanol–water partition coefficient (Wildman–Crippen LogP) is 4.09. The monoisotopic (exact) mass is 305 g/mol. The summed E-state index contributed by atoms with van der Waals surface area (Å²) in [6.07, 6.45) is -4.20. The maximum absolute atomic E-state index is 12.5. The van der Waals surface area contributed by atoms with E-state index in [0.717, 1.165) is 6.42 Å². The van der Waals surface area contributed by atoms with Crippen molar-refractivity contribution in [2.24, 2.45) is 0 Å². The largest absolute Gasteiger partial charge is 0.493 e. The second kappa shape index (κ2) is 8.12. The number of alkyl halides is 3. The minimum absolute atomic E-state index is 0.0347. The maximum Gasteiger partial charge on any atom is 0.389 e. The molecule has 0 fully saturated rings. The molecule has 0 aromatic heterocycles. The van der Waals surface area contributed by atoms with E-state index in [-0.39, 0.29) is 6.42 Å². The molecule has 0 saturated heterocycles. The molecule has 0 radical (unpaired) electrons. The quantitative estimate of drug-likeness (QED) is 0.785. The topological polar surface area (TPSA) is 30.5 Å². The minimum Gasteiger partial charge on any atom is -0.493 e. The van der Waals surface area contributed by atoms with Gasteiger partial charge in [0, 0.05) is 18.0 Å². The van der Waals surface area contributed by atoms with Crippen LogP contribution in [0, 0.1) is 0 Å². The summed E-state index contributed by atoms with van der Waals surface area (Å²) in [6.45, 7) is 2.61. The fourth-order valence-electron chi connectivity index (χ4n) is 2.18. The van der Waals surface area contributed by atoms with E-state index in [0.29, 0.717) is 23.6 Å². The van der Waals surface area contributed by atoms with Gasteiger partial charge in [0.2, 0.25) is 0 Å². The lowest BCUT2D eigenvalue weighted by molar-refractivity contribution is -0.136. The number of ether oxygens (including phenoxy) is 2. The third-order valence-corrected chi connectivity index (χ3v) is 3.17. The maximum atomic E-state index is 12.5. The molecule has 1 atom stereocenters. The Morgan fingerprint density at radius 3 is 2.43 bits per heavy atom. The SMILES string of the molecule is CCCNC(CCC(F)(F)F)c1cccc(OC)c1OC. The van der Waals surface area contributed by atoms with E-state index in [1.807, 2.05) is 6.92 Å². The van der Waals surface area contributed by atoms with Crippen molar-refractivity contribution in [1.82, 2.24) is 5.32 Å². The zero-order valence-corrected chi connectivity index (χ0v) is 12.6. The Hall–Kier alpha value is -1.43. The fourth-order valence-corrected chi connectivity index (χ4v) is 2.18. The number of para-hydroxylation sites is 1. The Kier molecular flexibility index (Phi) is 6.81. The zero-order valence-electron chi connectivity index (χ0n) is 12.6. The van der Waals surface area contributed by atoms with Gasteiger partial charge in [-0.15, -0.1) is 0 Å². The van der Waals surface area contributed by atoms with Crippen molar-refractivity contribution in [1.29, 1.82) is 0 Å². The van der Waals surface area contributed by atoms with Gasteiger partial charge in [0.1, 0.15) is 0 Å². The molecule has 0 aliphatic rings. The van der Waals surface area contributed by atoms with Crippen LogP contribution in [0.25, 0.3) is 0 Å². The van der Waals surface area contributed by atoms with E-state index in [9.17, 15) is 13.2 Å². The summed E-state index contributed by atoms with van der Waals surface area (Å²) < 4.78 is 48.0. The minimum atomic E-state index is -4.17. The molecule has 1 rings (SSSR count). The summed E-state index contributed by atoms with van der Waals surface area (Å²) in [6, 6.07) is 4.83. The molecule has 0 aliphatic carbocycles. The second-order valence-electron chi connectivity index (χ2n) is 4.74. The molecule has 0 amide bonds. The highest BCUT2D eigenvalue weighted by Crippen LogP contribution is 2.37. The van der Waals surface area contributed by atoms with Gasteiger partial charge in [0.15, 0.2) is 11.5 Å². The molecule has 1 aromatic rings. The van der Waals surface area contributed by atoms with Crippen LogP contribution in [-0.4, -0.2) is 26.9 Å². The highest BCUT2D eigenvalue weighted by atomic mass is 19.4. The molecule has 0 saturated carbocycles. The van der Waals surface area contributed by atoms with E-state index in [2.05, 4.69) is 5.32 Å². The van der Waals surface area contributed by atoms with Crippen LogP contribution in [0.1, 0.15) is 37.8 Å². The molecule has 1 unspecified atom stereocenters. The van der Waals surface area contributed by atoms with E-state index >= 15 is 0 Å². The number of hydrogen-bond donors (Lipinski definition) is 1. The number of nitrogens with one attached hydrogen (secondary N) is 1. The lowest BCUT2D eigenvalue weighted by Crippen LogP contribution is -2.24. The lowest BCUT2D eigenvalue weighted by atomic mass is 10.00. The van der Waals surface area contributed by atoms with Crippen molar-refractivity contribution < 1.29 is 22.6 Å². The molecule has 0 heterocycles. The molecule has 1 N–H and O–H groups in total. The second-order valence-corrected chi connectivity index (χ2v) is 4.74. The van der Waals surface area contributed by atoms with Crippen LogP contribution in [0.2, 0.25) is 0 Å². The van der Waals surface area contributed by atoms with Crippen molar-refractivity contribution in [3.63, 3.8) is 0 Å². The molecule has 1 aromatic carbocycles. The van der Waals surface area contributed by atoms with Gasteiger partial charge in [0.25, 0.3) is 0 Å². The first-order valence-corrected chi connectivity index (χ1v) is 6.94. The Labute approximate surface area is 123 Å². The average Bonchev–Trinajstić information content (AvgIpc) is 2.45. The molecule has 0 spiro atoms.